The lowest BCUT2D eigenvalue weighted by molar-refractivity contribution is -0.137. The third kappa shape index (κ3) is 2.96. The van der Waals surface area contributed by atoms with Gasteiger partial charge in [-0.15, -0.1) is 0 Å². The highest BCUT2D eigenvalue weighted by molar-refractivity contribution is 5.90. The minimum atomic E-state index is -0.294. The fourth-order valence-electron chi connectivity index (χ4n) is 5.68. The van der Waals surface area contributed by atoms with Crippen molar-refractivity contribution in [3.63, 3.8) is 0 Å². The summed E-state index contributed by atoms with van der Waals surface area (Å²) in [5.74, 6) is 1.61. The average molecular weight is 389 g/mol. The Morgan fingerprint density at radius 1 is 1.28 bits per heavy atom. The molecule has 0 aliphatic carbocycles. The van der Waals surface area contributed by atoms with E-state index >= 15 is 0 Å². The minimum Gasteiger partial charge on any atom is -0.496 e. The molecule has 0 N–H and O–H groups in total. The number of pyridine rings is 1. The fraction of sp³-hybridized carbons (Fsp3) is 0.417. The van der Waals surface area contributed by atoms with Crippen molar-refractivity contribution in [1.29, 1.82) is 0 Å². The summed E-state index contributed by atoms with van der Waals surface area (Å²) < 4.78 is 5.48. The van der Waals surface area contributed by atoms with Crippen LogP contribution in [0.2, 0.25) is 0 Å². The van der Waals surface area contributed by atoms with Crippen LogP contribution in [-0.4, -0.2) is 52.5 Å². The van der Waals surface area contributed by atoms with E-state index in [1.54, 1.807) is 13.3 Å². The van der Waals surface area contributed by atoms with Crippen LogP contribution >= 0.6 is 0 Å². The van der Waals surface area contributed by atoms with Gasteiger partial charge >= 0.3 is 0 Å². The van der Waals surface area contributed by atoms with Crippen LogP contribution in [0.4, 0.5) is 0 Å². The van der Waals surface area contributed by atoms with Crippen molar-refractivity contribution in [2.75, 3.05) is 20.2 Å². The van der Waals surface area contributed by atoms with Gasteiger partial charge in [-0.2, -0.15) is 0 Å². The number of hydrogen-bond acceptors (Lipinski definition) is 4. The highest BCUT2D eigenvalue weighted by Gasteiger charge is 2.64. The van der Waals surface area contributed by atoms with Crippen LogP contribution < -0.4 is 4.74 Å². The molecule has 1 amide bonds. The van der Waals surface area contributed by atoms with Gasteiger partial charge in [0.2, 0.25) is 5.91 Å². The molecule has 5 heteroatoms. The first-order chi connectivity index (χ1) is 14.2. The Morgan fingerprint density at radius 3 is 3.00 bits per heavy atom. The second kappa shape index (κ2) is 7.30. The Hall–Kier alpha value is -2.66. The summed E-state index contributed by atoms with van der Waals surface area (Å²) in [6, 6.07) is 12.4. The van der Waals surface area contributed by atoms with E-state index in [0.29, 0.717) is 24.4 Å². The number of aromatic nitrogens is 1. The molecule has 150 valence electrons. The zero-order chi connectivity index (χ0) is 19.8. The monoisotopic (exact) mass is 389 g/mol. The van der Waals surface area contributed by atoms with Gasteiger partial charge in [-0.3, -0.25) is 14.7 Å². The van der Waals surface area contributed by atoms with E-state index < -0.39 is 0 Å². The number of hydrogen-bond donors (Lipinski definition) is 0. The van der Waals surface area contributed by atoms with Gasteiger partial charge in [0, 0.05) is 43.0 Å². The van der Waals surface area contributed by atoms with Gasteiger partial charge in [0.1, 0.15) is 11.3 Å². The number of likely N-dealkylation sites (tertiary alicyclic amines) is 1. The number of carbonyl (C=O) groups excluding carboxylic acids is 1. The first-order valence-corrected chi connectivity index (χ1v) is 10.5. The average Bonchev–Trinajstić information content (AvgIpc) is 3.38. The fourth-order valence-corrected chi connectivity index (χ4v) is 5.68. The smallest absolute Gasteiger partial charge is 0.243 e. The van der Waals surface area contributed by atoms with Crippen LogP contribution in [0.5, 0.6) is 5.75 Å². The van der Waals surface area contributed by atoms with Crippen molar-refractivity contribution in [2.24, 2.45) is 5.92 Å². The van der Waals surface area contributed by atoms with Gasteiger partial charge in [0.05, 0.1) is 7.11 Å². The normalized spacial score (nSPS) is 28.9. The lowest BCUT2D eigenvalue weighted by Gasteiger charge is -2.32. The molecule has 3 aliphatic heterocycles. The molecule has 0 saturated carbocycles. The van der Waals surface area contributed by atoms with E-state index in [2.05, 4.69) is 39.1 Å². The maximum Gasteiger partial charge on any atom is 0.243 e. The molecule has 2 aromatic rings. The minimum absolute atomic E-state index is 0.294. The molecule has 3 aliphatic rings. The van der Waals surface area contributed by atoms with Crippen molar-refractivity contribution in [2.45, 2.75) is 37.4 Å². The number of methoxy groups -OCH3 is 1. The maximum absolute atomic E-state index is 13.5. The summed E-state index contributed by atoms with van der Waals surface area (Å²) >= 11 is 0. The summed E-state index contributed by atoms with van der Waals surface area (Å²) in [7, 11) is 1.71. The molecule has 1 aromatic carbocycles. The summed E-state index contributed by atoms with van der Waals surface area (Å²) in [4.78, 5) is 22.3. The summed E-state index contributed by atoms with van der Waals surface area (Å²) in [5, 5.41) is 0. The Morgan fingerprint density at radius 2 is 2.17 bits per heavy atom. The van der Waals surface area contributed by atoms with Gasteiger partial charge in [0.25, 0.3) is 0 Å². The van der Waals surface area contributed by atoms with Crippen LogP contribution in [0.1, 0.15) is 30.4 Å². The van der Waals surface area contributed by atoms with Crippen LogP contribution in [0.25, 0.3) is 6.08 Å². The summed E-state index contributed by atoms with van der Waals surface area (Å²) in [6.45, 7) is 2.52. The second-order valence-corrected chi connectivity index (χ2v) is 8.37. The number of rotatable bonds is 5. The molecule has 5 rings (SSSR count). The lowest BCUT2D eigenvalue weighted by Crippen LogP contribution is -2.50. The molecule has 1 aromatic heterocycles. The molecule has 0 bridgehead atoms. The van der Waals surface area contributed by atoms with E-state index in [1.165, 1.54) is 0 Å². The largest absolute Gasteiger partial charge is 0.496 e. The SMILES string of the molecule is COc1ccccc1/C=C/[C@@H]1C[C@H]2CN(Cc3cccnc3)C(=O)[C@]23CCCN13. The van der Waals surface area contributed by atoms with Crippen LogP contribution in [0, 0.1) is 5.92 Å². The summed E-state index contributed by atoms with van der Waals surface area (Å²) in [6.07, 6.45) is 11.2. The molecular weight excluding hydrogens is 362 g/mol. The third-order valence-corrected chi connectivity index (χ3v) is 6.90. The predicted octanol–water partition coefficient (Wildman–Crippen LogP) is 3.37. The van der Waals surface area contributed by atoms with Crippen molar-refractivity contribution < 1.29 is 9.53 Å². The molecule has 0 radical (unpaired) electrons. The highest BCUT2D eigenvalue weighted by atomic mass is 16.5. The van der Waals surface area contributed by atoms with Gasteiger partial charge < -0.3 is 9.64 Å². The second-order valence-electron chi connectivity index (χ2n) is 8.37. The molecule has 0 unspecified atom stereocenters. The number of para-hydroxylation sites is 1. The van der Waals surface area contributed by atoms with Crippen LogP contribution in [0.3, 0.4) is 0 Å². The Labute approximate surface area is 172 Å². The van der Waals surface area contributed by atoms with Crippen molar-refractivity contribution in [1.82, 2.24) is 14.8 Å². The van der Waals surface area contributed by atoms with Crippen molar-refractivity contribution >= 4 is 12.0 Å². The van der Waals surface area contributed by atoms with E-state index in [9.17, 15) is 4.79 Å². The number of ether oxygens (including phenoxy) is 1. The molecule has 29 heavy (non-hydrogen) atoms. The van der Waals surface area contributed by atoms with Gasteiger partial charge in [-0.1, -0.05) is 36.4 Å². The molecule has 5 nitrogen and oxygen atoms in total. The first kappa shape index (κ1) is 18.4. The molecule has 1 spiro atoms. The molecular formula is C24H27N3O2. The Bertz CT molecular complexity index is 929. The molecule has 3 fully saturated rings. The van der Waals surface area contributed by atoms with Gasteiger partial charge in [-0.25, -0.2) is 0 Å². The Balaban J connectivity index is 1.36. The molecule has 3 atom stereocenters. The van der Waals surface area contributed by atoms with Crippen LogP contribution in [0.15, 0.2) is 54.9 Å². The predicted molar refractivity (Wildman–Crippen MR) is 112 cm³/mol. The Kier molecular flexibility index (Phi) is 4.63. The van der Waals surface area contributed by atoms with E-state index in [-0.39, 0.29) is 5.54 Å². The zero-order valence-corrected chi connectivity index (χ0v) is 16.8. The van der Waals surface area contributed by atoms with Crippen LogP contribution in [-0.2, 0) is 11.3 Å². The van der Waals surface area contributed by atoms with Gasteiger partial charge in [-0.05, 0) is 43.5 Å². The number of nitrogens with zero attached hydrogens (tertiary/aromatic N) is 3. The number of carbonyl (C=O) groups is 1. The number of benzene rings is 1. The zero-order valence-electron chi connectivity index (χ0n) is 16.8. The maximum atomic E-state index is 13.5. The third-order valence-electron chi connectivity index (χ3n) is 6.90. The lowest BCUT2D eigenvalue weighted by atomic mass is 9.85. The summed E-state index contributed by atoms with van der Waals surface area (Å²) in [5.41, 5.74) is 1.90. The quantitative estimate of drug-likeness (QED) is 0.787. The van der Waals surface area contributed by atoms with Gasteiger partial charge in [0.15, 0.2) is 0 Å². The molecule has 3 saturated heterocycles. The van der Waals surface area contributed by atoms with Crippen molar-refractivity contribution in [3.8, 4) is 5.75 Å². The number of amides is 1. The van der Waals surface area contributed by atoms with Crippen molar-refractivity contribution in [3.05, 3.63) is 66.0 Å². The molecule has 4 heterocycles. The van der Waals surface area contributed by atoms with E-state index in [4.69, 9.17) is 4.74 Å². The van der Waals surface area contributed by atoms with E-state index in [0.717, 1.165) is 49.2 Å². The standard InChI is InChI=1S/C24H27N3O2/c1-29-22-8-3-2-7-19(22)9-10-21-14-20-17-26(16-18-6-4-12-25-15-18)23(28)24(20)11-5-13-27(21)24/h2-4,6-10,12,15,20-21H,5,11,13-14,16-17H2,1H3/b10-9+/t20-,21+,24-/m0/s1. The highest BCUT2D eigenvalue weighted by Crippen LogP contribution is 2.52. The van der Waals surface area contributed by atoms with E-state index in [1.807, 2.05) is 30.5 Å². The first-order valence-electron chi connectivity index (χ1n) is 10.5. The topological polar surface area (TPSA) is 45.7 Å².